The van der Waals surface area contributed by atoms with E-state index in [9.17, 15) is 0 Å². The van der Waals surface area contributed by atoms with Crippen LogP contribution in [0.1, 0.15) is 17.5 Å². The fourth-order valence-corrected chi connectivity index (χ4v) is 9.86. The fourth-order valence-electron chi connectivity index (χ4n) is 8.69. The number of fused-ring (bicyclic) bond motifs is 8. The van der Waals surface area contributed by atoms with E-state index in [2.05, 4.69) is 152 Å². The van der Waals surface area contributed by atoms with Crippen molar-refractivity contribution in [2.24, 2.45) is 0 Å². The maximum Gasteiger partial charge on any atom is 0.164 e. The summed E-state index contributed by atoms with van der Waals surface area (Å²) >= 11 is 1.81. The third-order valence-electron chi connectivity index (χ3n) is 11.6. The highest BCUT2D eigenvalue weighted by molar-refractivity contribution is 7.26. The summed E-state index contributed by atoms with van der Waals surface area (Å²) in [6.07, 6.45) is 6.71. The molecule has 272 valence electrons. The minimum atomic E-state index is 0.603. The van der Waals surface area contributed by atoms with Gasteiger partial charge in [-0.1, -0.05) is 133 Å². The number of furan rings is 1. The lowest BCUT2D eigenvalue weighted by molar-refractivity contribution is 0.669. The maximum atomic E-state index is 6.35. The van der Waals surface area contributed by atoms with Crippen LogP contribution in [-0.4, -0.2) is 15.0 Å². The summed E-state index contributed by atoms with van der Waals surface area (Å²) in [6.45, 7) is 0. The molecule has 1 aliphatic rings. The van der Waals surface area contributed by atoms with Crippen LogP contribution >= 0.6 is 11.3 Å². The summed E-state index contributed by atoms with van der Waals surface area (Å²) in [5.74, 6) is 1.85. The van der Waals surface area contributed by atoms with Gasteiger partial charge in [0.15, 0.2) is 17.5 Å². The Bertz CT molecular complexity index is 3460. The molecule has 0 amide bonds. The molecular formula is C53H33N3OS. The Morgan fingerprint density at radius 1 is 0.448 bits per heavy atom. The van der Waals surface area contributed by atoms with Crippen LogP contribution in [0.15, 0.2) is 174 Å². The van der Waals surface area contributed by atoms with Crippen molar-refractivity contribution in [3.63, 3.8) is 0 Å². The predicted molar refractivity (Wildman–Crippen MR) is 242 cm³/mol. The van der Waals surface area contributed by atoms with E-state index in [1.807, 2.05) is 35.6 Å². The van der Waals surface area contributed by atoms with E-state index in [0.29, 0.717) is 17.5 Å². The van der Waals surface area contributed by atoms with Gasteiger partial charge in [-0.15, -0.1) is 11.3 Å². The molecule has 58 heavy (non-hydrogen) atoms. The molecule has 0 atom stereocenters. The molecule has 8 aromatic carbocycles. The Kier molecular flexibility index (Phi) is 7.50. The zero-order chi connectivity index (χ0) is 38.2. The van der Waals surface area contributed by atoms with Crippen LogP contribution in [-0.2, 0) is 6.42 Å². The fraction of sp³-hybridized carbons (Fsp3) is 0.0377. The Morgan fingerprint density at radius 3 is 2.07 bits per heavy atom. The molecule has 5 heteroatoms. The monoisotopic (exact) mass is 759 g/mol. The van der Waals surface area contributed by atoms with Crippen molar-refractivity contribution in [2.75, 3.05) is 0 Å². The van der Waals surface area contributed by atoms with E-state index < -0.39 is 0 Å². The Hall–Kier alpha value is -7.21. The SMILES string of the molecule is C1=Cc2cc(-c3ccc(-c4nc(-c5cccc6oc7ccccc7c56)nc(-c5cc(-c6ccc7ccccc7c6)cc6sc7ccccc7c56)n4)cc3)ccc2CC1. The number of nitrogens with zero attached hydrogens (tertiary/aromatic N) is 3. The van der Waals surface area contributed by atoms with Gasteiger partial charge in [0.05, 0.1) is 0 Å². The topological polar surface area (TPSA) is 51.8 Å². The van der Waals surface area contributed by atoms with Crippen molar-refractivity contribution < 1.29 is 4.42 Å². The molecule has 0 aliphatic heterocycles. The zero-order valence-electron chi connectivity index (χ0n) is 31.3. The van der Waals surface area contributed by atoms with Gasteiger partial charge in [0, 0.05) is 47.6 Å². The third-order valence-corrected chi connectivity index (χ3v) is 12.7. The van der Waals surface area contributed by atoms with Gasteiger partial charge < -0.3 is 4.42 Å². The molecule has 0 spiro atoms. The highest BCUT2D eigenvalue weighted by atomic mass is 32.1. The number of allylic oxidation sites excluding steroid dienone is 1. The van der Waals surface area contributed by atoms with Crippen LogP contribution in [0, 0.1) is 0 Å². The lowest BCUT2D eigenvalue weighted by Gasteiger charge is -2.13. The molecule has 0 saturated carbocycles. The molecule has 0 unspecified atom stereocenters. The van der Waals surface area contributed by atoms with E-state index in [1.54, 1.807) is 0 Å². The molecule has 0 N–H and O–H groups in total. The van der Waals surface area contributed by atoms with Crippen molar-refractivity contribution in [3.8, 4) is 56.4 Å². The molecule has 3 aromatic heterocycles. The second-order valence-electron chi connectivity index (χ2n) is 15.1. The lowest BCUT2D eigenvalue weighted by Crippen LogP contribution is -2.01. The molecule has 11 aromatic rings. The largest absolute Gasteiger partial charge is 0.456 e. The smallest absolute Gasteiger partial charge is 0.164 e. The van der Waals surface area contributed by atoms with Crippen LogP contribution in [0.2, 0.25) is 0 Å². The van der Waals surface area contributed by atoms with Crippen LogP contribution in [0.25, 0.3) is 115 Å². The Morgan fingerprint density at radius 2 is 1.16 bits per heavy atom. The molecule has 4 nitrogen and oxygen atoms in total. The number of rotatable bonds is 5. The van der Waals surface area contributed by atoms with Crippen LogP contribution < -0.4 is 0 Å². The quantitative estimate of drug-likeness (QED) is 0.175. The van der Waals surface area contributed by atoms with E-state index in [4.69, 9.17) is 19.4 Å². The number of thiophene rings is 1. The Balaban J connectivity index is 1.09. The van der Waals surface area contributed by atoms with E-state index in [1.165, 1.54) is 42.2 Å². The molecule has 3 heterocycles. The average Bonchev–Trinajstić information content (AvgIpc) is 3.87. The summed E-state index contributed by atoms with van der Waals surface area (Å²) in [5, 5.41) is 6.80. The van der Waals surface area contributed by atoms with Gasteiger partial charge in [-0.25, -0.2) is 15.0 Å². The predicted octanol–water partition coefficient (Wildman–Crippen LogP) is 14.6. The summed E-state index contributed by atoms with van der Waals surface area (Å²) in [7, 11) is 0. The third kappa shape index (κ3) is 5.47. The molecule has 0 bridgehead atoms. The van der Waals surface area contributed by atoms with Gasteiger partial charge in [0.2, 0.25) is 0 Å². The standard InChI is InChI=1S/C53H33N3OS/c1-3-12-36-28-38(26-22-32(36)10-1)34-20-24-35(25-21-34)51-54-52(43-16-9-18-46-49(43)41-14-5-7-17-45(41)57-46)56-53(55-51)44-30-40(39-27-23-33-11-2-4-13-37(33)29-39)31-48-50(44)42-15-6-8-19-47(42)58-48/h2-9,11-31H,1,10H2. The molecule has 0 fully saturated rings. The van der Waals surface area contributed by atoms with Crippen molar-refractivity contribution in [1.29, 1.82) is 0 Å². The number of aryl methyl sites for hydroxylation is 1. The van der Waals surface area contributed by atoms with E-state index in [-0.39, 0.29) is 0 Å². The van der Waals surface area contributed by atoms with Gasteiger partial charge in [0.1, 0.15) is 11.2 Å². The van der Waals surface area contributed by atoms with Crippen molar-refractivity contribution in [1.82, 2.24) is 15.0 Å². The molecule has 0 radical (unpaired) electrons. The molecule has 1 aliphatic carbocycles. The zero-order valence-corrected chi connectivity index (χ0v) is 32.1. The van der Waals surface area contributed by atoms with Gasteiger partial charge in [-0.05, 0) is 99.5 Å². The van der Waals surface area contributed by atoms with E-state index >= 15 is 0 Å². The van der Waals surface area contributed by atoms with Crippen molar-refractivity contribution >= 4 is 70.3 Å². The normalized spacial score (nSPS) is 12.6. The van der Waals surface area contributed by atoms with Gasteiger partial charge in [-0.2, -0.15) is 0 Å². The molecule has 0 saturated heterocycles. The van der Waals surface area contributed by atoms with Crippen molar-refractivity contribution in [2.45, 2.75) is 12.8 Å². The van der Waals surface area contributed by atoms with Gasteiger partial charge >= 0.3 is 0 Å². The summed E-state index contributed by atoms with van der Waals surface area (Å²) in [6, 6.07) is 58.3. The van der Waals surface area contributed by atoms with Gasteiger partial charge in [0.25, 0.3) is 0 Å². The number of aromatic nitrogens is 3. The number of hydrogen-bond acceptors (Lipinski definition) is 5. The number of para-hydroxylation sites is 1. The van der Waals surface area contributed by atoms with Crippen LogP contribution in [0.3, 0.4) is 0 Å². The van der Waals surface area contributed by atoms with Crippen LogP contribution in [0.4, 0.5) is 0 Å². The van der Waals surface area contributed by atoms with Gasteiger partial charge in [-0.3, -0.25) is 0 Å². The minimum absolute atomic E-state index is 0.603. The first-order valence-electron chi connectivity index (χ1n) is 19.7. The van der Waals surface area contributed by atoms with Crippen LogP contribution in [0.5, 0.6) is 0 Å². The minimum Gasteiger partial charge on any atom is -0.456 e. The average molecular weight is 760 g/mol. The van der Waals surface area contributed by atoms with Crippen molar-refractivity contribution in [3.05, 3.63) is 181 Å². The highest BCUT2D eigenvalue weighted by Gasteiger charge is 2.21. The second kappa shape index (κ2) is 13.2. The van der Waals surface area contributed by atoms with E-state index in [0.717, 1.165) is 73.5 Å². The first-order chi connectivity index (χ1) is 28.7. The summed E-state index contributed by atoms with van der Waals surface area (Å²) in [5.41, 5.74) is 11.8. The lowest BCUT2D eigenvalue weighted by atomic mass is 9.93. The highest BCUT2D eigenvalue weighted by Crippen LogP contribution is 2.44. The summed E-state index contributed by atoms with van der Waals surface area (Å²) in [4.78, 5) is 16.0. The first-order valence-corrected chi connectivity index (χ1v) is 20.5. The second-order valence-corrected chi connectivity index (χ2v) is 16.2. The number of hydrogen-bond donors (Lipinski definition) is 0. The number of benzene rings is 8. The first kappa shape index (κ1) is 33.0. The molecule has 12 rings (SSSR count). The molecular weight excluding hydrogens is 727 g/mol. The summed E-state index contributed by atoms with van der Waals surface area (Å²) < 4.78 is 8.77. The maximum absolute atomic E-state index is 6.35. The Labute approximate surface area is 338 Å².